The average molecular weight is 366 g/mol. The lowest BCUT2D eigenvalue weighted by atomic mass is 10.0. The summed E-state index contributed by atoms with van der Waals surface area (Å²) in [6.45, 7) is 5.24. The molecule has 0 unspecified atom stereocenters. The van der Waals surface area contributed by atoms with E-state index in [1.165, 1.54) is 0 Å². The second-order valence-electron chi connectivity index (χ2n) is 6.43. The molecule has 3 heterocycles. The van der Waals surface area contributed by atoms with Crippen LogP contribution in [0.5, 0.6) is 5.88 Å². The molecule has 7 heteroatoms. The number of fused-ring (bicyclic) bond motifs is 1. The molecule has 3 aromatic rings. The first-order chi connectivity index (χ1) is 13.2. The van der Waals surface area contributed by atoms with Crippen LogP contribution in [0.1, 0.15) is 17.3 Å². The molecule has 1 aliphatic heterocycles. The molecule has 27 heavy (non-hydrogen) atoms. The zero-order chi connectivity index (χ0) is 18.8. The number of rotatable bonds is 4. The van der Waals surface area contributed by atoms with Crippen LogP contribution in [0.25, 0.3) is 22.0 Å². The molecule has 140 valence electrons. The maximum Gasteiger partial charge on any atom is 0.254 e. The van der Waals surface area contributed by atoms with Gasteiger partial charge in [-0.3, -0.25) is 9.48 Å². The second-order valence-corrected chi connectivity index (χ2v) is 6.43. The van der Waals surface area contributed by atoms with Gasteiger partial charge in [-0.25, -0.2) is 4.98 Å². The highest BCUT2D eigenvalue weighted by Crippen LogP contribution is 2.31. The lowest BCUT2D eigenvalue weighted by molar-refractivity contribution is 0.0303. The van der Waals surface area contributed by atoms with Crippen molar-refractivity contribution in [3.05, 3.63) is 42.2 Å². The van der Waals surface area contributed by atoms with E-state index in [2.05, 4.69) is 10.1 Å². The van der Waals surface area contributed by atoms with Crippen molar-refractivity contribution < 1.29 is 14.3 Å². The van der Waals surface area contributed by atoms with E-state index >= 15 is 0 Å². The third-order valence-electron chi connectivity index (χ3n) is 4.81. The summed E-state index contributed by atoms with van der Waals surface area (Å²) in [5.74, 6) is 0.556. The molecule has 7 nitrogen and oxygen atoms in total. The number of amides is 1. The van der Waals surface area contributed by atoms with Crippen molar-refractivity contribution >= 4 is 16.8 Å². The van der Waals surface area contributed by atoms with E-state index in [0.29, 0.717) is 37.7 Å². The molecule has 0 spiro atoms. The third kappa shape index (κ3) is 3.38. The number of benzene rings is 1. The minimum Gasteiger partial charge on any atom is -0.481 e. The second kappa shape index (κ2) is 7.36. The van der Waals surface area contributed by atoms with Gasteiger partial charge in [-0.05, 0) is 30.7 Å². The Kier molecular flexibility index (Phi) is 4.77. The highest BCUT2D eigenvalue weighted by molar-refractivity contribution is 6.02. The van der Waals surface area contributed by atoms with E-state index in [1.54, 1.807) is 7.11 Å². The Morgan fingerprint density at radius 1 is 1.26 bits per heavy atom. The molecular weight excluding hydrogens is 344 g/mol. The van der Waals surface area contributed by atoms with Crippen LogP contribution in [-0.2, 0) is 11.3 Å². The maximum atomic E-state index is 12.9. The molecule has 1 saturated heterocycles. The van der Waals surface area contributed by atoms with Gasteiger partial charge in [0, 0.05) is 48.4 Å². The first-order valence-corrected chi connectivity index (χ1v) is 9.08. The molecule has 1 aromatic carbocycles. The molecule has 0 saturated carbocycles. The summed E-state index contributed by atoms with van der Waals surface area (Å²) in [4.78, 5) is 19.2. The number of aromatic nitrogens is 3. The molecule has 0 N–H and O–H groups in total. The van der Waals surface area contributed by atoms with E-state index in [9.17, 15) is 4.79 Å². The number of carbonyl (C=O) groups is 1. The van der Waals surface area contributed by atoms with Crippen LogP contribution < -0.4 is 4.74 Å². The molecular formula is C20H22N4O3. The smallest absolute Gasteiger partial charge is 0.254 e. The van der Waals surface area contributed by atoms with E-state index in [0.717, 1.165) is 28.6 Å². The van der Waals surface area contributed by atoms with Gasteiger partial charge >= 0.3 is 0 Å². The lowest BCUT2D eigenvalue weighted by Crippen LogP contribution is -2.40. The monoisotopic (exact) mass is 366 g/mol. The molecule has 0 aliphatic carbocycles. The van der Waals surface area contributed by atoms with Gasteiger partial charge in [-0.15, -0.1) is 0 Å². The van der Waals surface area contributed by atoms with Gasteiger partial charge in [0.05, 0.1) is 32.0 Å². The minimum atomic E-state index is 0.0196. The number of carbonyl (C=O) groups excluding carboxylic acids is 1. The molecule has 0 bridgehead atoms. The predicted octanol–water partition coefficient (Wildman–Crippen LogP) is 2.60. The molecule has 1 amide bonds. The summed E-state index contributed by atoms with van der Waals surface area (Å²) in [5.41, 5.74) is 3.36. The molecule has 0 atom stereocenters. The quantitative estimate of drug-likeness (QED) is 0.710. The standard InChI is InChI=1S/C20H22N4O3/c1-3-24-13-15(12-21-24)16-11-19(26-2)22-18-5-4-14(10-17(16)18)20(25)23-6-8-27-9-7-23/h4-5,10-13H,3,6-9H2,1-2H3. The largest absolute Gasteiger partial charge is 0.481 e. The first-order valence-electron chi connectivity index (χ1n) is 9.08. The number of aryl methyl sites for hydroxylation is 1. The number of hydrogen-bond donors (Lipinski definition) is 0. The van der Waals surface area contributed by atoms with E-state index < -0.39 is 0 Å². The maximum absolute atomic E-state index is 12.9. The van der Waals surface area contributed by atoms with E-state index in [4.69, 9.17) is 9.47 Å². The van der Waals surface area contributed by atoms with Crippen LogP contribution >= 0.6 is 0 Å². The van der Waals surface area contributed by atoms with Crippen LogP contribution in [0.3, 0.4) is 0 Å². The van der Waals surface area contributed by atoms with Crippen LogP contribution in [0.4, 0.5) is 0 Å². The molecule has 2 aromatic heterocycles. The zero-order valence-corrected chi connectivity index (χ0v) is 15.5. The summed E-state index contributed by atoms with van der Waals surface area (Å²) < 4.78 is 12.6. The molecule has 4 rings (SSSR count). The van der Waals surface area contributed by atoms with Crippen molar-refractivity contribution in [2.45, 2.75) is 13.5 Å². The lowest BCUT2D eigenvalue weighted by Gasteiger charge is -2.27. The van der Waals surface area contributed by atoms with Gasteiger partial charge in [0.15, 0.2) is 0 Å². The van der Waals surface area contributed by atoms with Gasteiger partial charge in [0.1, 0.15) is 0 Å². The van der Waals surface area contributed by atoms with Crippen LogP contribution in [-0.4, -0.2) is 59.0 Å². The Bertz CT molecular complexity index is 977. The van der Waals surface area contributed by atoms with E-state index in [1.807, 2.05) is 53.2 Å². The van der Waals surface area contributed by atoms with Gasteiger partial charge < -0.3 is 14.4 Å². The topological polar surface area (TPSA) is 69.5 Å². The van der Waals surface area contributed by atoms with Crippen molar-refractivity contribution in [3.8, 4) is 17.0 Å². The first kappa shape index (κ1) is 17.5. The Labute approximate surface area is 157 Å². The molecule has 0 radical (unpaired) electrons. The fourth-order valence-electron chi connectivity index (χ4n) is 3.30. The van der Waals surface area contributed by atoms with Gasteiger partial charge in [0.25, 0.3) is 5.91 Å². The fourth-order valence-corrected chi connectivity index (χ4v) is 3.30. The summed E-state index contributed by atoms with van der Waals surface area (Å²) >= 11 is 0. The Balaban J connectivity index is 1.81. The van der Waals surface area contributed by atoms with Crippen molar-refractivity contribution in [3.63, 3.8) is 0 Å². The summed E-state index contributed by atoms with van der Waals surface area (Å²) in [6.07, 6.45) is 3.82. The SMILES string of the molecule is CCn1cc(-c2cc(OC)nc3ccc(C(=O)N4CCOCC4)cc23)cn1. The van der Waals surface area contributed by atoms with Gasteiger partial charge in [-0.1, -0.05) is 0 Å². The fraction of sp³-hybridized carbons (Fsp3) is 0.350. The van der Waals surface area contributed by atoms with Gasteiger partial charge in [-0.2, -0.15) is 5.10 Å². The van der Waals surface area contributed by atoms with Crippen LogP contribution in [0, 0.1) is 0 Å². The zero-order valence-electron chi connectivity index (χ0n) is 15.5. The van der Waals surface area contributed by atoms with Crippen molar-refractivity contribution in [1.29, 1.82) is 0 Å². The highest BCUT2D eigenvalue weighted by Gasteiger charge is 2.20. The highest BCUT2D eigenvalue weighted by atomic mass is 16.5. The van der Waals surface area contributed by atoms with Crippen LogP contribution in [0.2, 0.25) is 0 Å². The van der Waals surface area contributed by atoms with Crippen molar-refractivity contribution in [2.75, 3.05) is 33.4 Å². The average Bonchev–Trinajstić information content (AvgIpc) is 3.21. The van der Waals surface area contributed by atoms with Crippen molar-refractivity contribution in [1.82, 2.24) is 19.7 Å². The summed E-state index contributed by atoms with van der Waals surface area (Å²) in [6, 6.07) is 7.51. The number of nitrogens with zero attached hydrogens (tertiary/aromatic N) is 4. The molecule has 1 fully saturated rings. The normalized spacial score (nSPS) is 14.5. The predicted molar refractivity (Wildman–Crippen MR) is 102 cm³/mol. The Hall–Kier alpha value is -2.93. The Morgan fingerprint density at radius 2 is 2.07 bits per heavy atom. The molecule has 1 aliphatic rings. The van der Waals surface area contributed by atoms with Gasteiger partial charge in [0.2, 0.25) is 5.88 Å². The summed E-state index contributed by atoms with van der Waals surface area (Å²) in [7, 11) is 1.60. The van der Waals surface area contributed by atoms with Crippen molar-refractivity contribution in [2.24, 2.45) is 0 Å². The van der Waals surface area contributed by atoms with Crippen LogP contribution in [0.15, 0.2) is 36.7 Å². The van der Waals surface area contributed by atoms with E-state index in [-0.39, 0.29) is 5.91 Å². The Morgan fingerprint density at radius 3 is 2.78 bits per heavy atom. The number of hydrogen-bond acceptors (Lipinski definition) is 5. The number of ether oxygens (including phenoxy) is 2. The number of pyridine rings is 1. The summed E-state index contributed by atoms with van der Waals surface area (Å²) in [5, 5.41) is 5.28. The number of methoxy groups -OCH3 is 1. The minimum absolute atomic E-state index is 0.0196. The third-order valence-corrected chi connectivity index (χ3v) is 4.81. The number of morpholine rings is 1.